The van der Waals surface area contributed by atoms with E-state index >= 15 is 0 Å². The molecule has 1 aliphatic heterocycles. The van der Waals surface area contributed by atoms with Crippen molar-refractivity contribution in [3.05, 3.63) is 35.9 Å². The van der Waals surface area contributed by atoms with E-state index in [2.05, 4.69) is 0 Å². The van der Waals surface area contributed by atoms with Gasteiger partial charge in [-0.2, -0.15) is 0 Å². The van der Waals surface area contributed by atoms with Crippen molar-refractivity contribution in [2.45, 2.75) is 71.0 Å². The molecule has 5 nitrogen and oxygen atoms in total. The Kier molecular flexibility index (Phi) is 6.70. The third kappa shape index (κ3) is 4.21. The molecular weight excluding hydrogens is 351 g/mol. The van der Waals surface area contributed by atoms with Crippen molar-refractivity contribution in [3.63, 3.8) is 0 Å². The molecule has 1 N–H and O–H groups in total. The molecule has 3 atom stereocenters. The van der Waals surface area contributed by atoms with Crippen LogP contribution in [0.15, 0.2) is 30.3 Å². The first kappa shape index (κ1) is 21.1. The number of rotatable bonds is 7. The van der Waals surface area contributed by atoms with Gasteiger partial charge in [0.05, 0.1) is 12.8 Å². The van der Waals surface area contributed by atoms with Crippen LogP contribution in [-0.2, 0) is 25.0 Å². The van der Waals surface area contributed by atoms with Crippen LogP contribution in [0.5, 0.6) is 0 Å². The SMILES string of the molecule is CCCCC(=O)OC1OCCC1(C(C)(C)C)P(=O)(O)Cc1ccccc1. The maximum absolute atomic E-state index is 13.6. The van der Waals surface area contributed by atoms with Crippen LogP contribution in [-0.4, -0.2) is 28.9 Å². The Morgan fingerprint density at radius 2 is 2.00 bits per heavy atom. The number of hydrogen-bond acceptors (Lipinski definition) is 4. The van der Waals surface area contributed by atoms with Crippen LogP contribution in [0.3, 0.4) is 0 Å². The van der Waals surface area contributed by atoms with Crippen LogP contribution in [0, 0.1) is 5.41 Å². The van der Waals surface area contributed by atoms with E-state index in [9.17, 15) is 14.3 Å². The standard InChI is InChI=1S/C20H31O5P/c1-5-6-12-17(21)25-18-20(13-14-24-18,19(2,3)4)26(22,23)15-16-10-8-7-9-11-16/h7-11,18H,5-6,12-15H2,1-4H3,(H,22,23). The largest absolute Gasteiger partial charge is 0.434 e. The van der Waals surface area contributed by atoms with Gasteiger partial charge in [-0.1, -0.05) is 64.4 Å². The van der Waals surface area contributed by atoms with E-state index < -0.39 is 24.2 Å². The minimum absolute atomic E-state index is 0.0392. The molecule has 1 aromatic carbocycles. The first-order valence-corrected chi connectivity index (χ1v) is 11.2. The van der Waals surface area contributed by atoms with Crippen molar-refractivity contribution in [3.8, 4) is 0 Å². The summed E-state index contributed by atoms with van der Waals surface area (Å²) in [6.45, 7) is 8.07. The van der Waals surface area contributed by atoms with Crippen molar-refractivity contribution in [1.82, 2.24) is 0 Å². The maximum Gasteiger partial charge on any atom is 0.308 e. The molecule has 0 aromatic heterocycles. The van der Waals surface area contributed by atoms with Crippen LogP contribution in [0.25, 0.3) is 0 Å². The van der Waals surface area contributed by atoms with E-state index in [-0.39, 0.29) is 12.1 Å². The highest BCUT2D eigenvalue weighted by Crippen LogP contribution is 2.69. The summed E-state index contributed by atoms with van der Waals surface area (Å²) in [7, 11) is -3.76. The number of hydrogen-bond donors (Lipinski definition) is 1. The Labute approximate surface area is 156 Å². The van der Waals surface area contributed by atoms with Gasteiger partial charge in [-0.15, -0.1) is 0 Å². The van der Waals surface area contributed by atoms with Gasteiger partial charge in [0.1, 0.15) is 5.16 Å². The second-order valence-corrected chi connectivity index (χ2v) is 10.6. The quantitative estimate of drug-likeness (QED) is 0.546. The average molecular weight is 382 g/mol. The van der Waals surface area contributed by atoms with Crippen LogP contribution < -0.4 is 0 Å². The zero-order valence-electron chi connectivity index (χ0n) is 16.2. The molecule has 0 saturated carbocycles. The van der Waals surface area contributed by atoms with Gasteiger partial charge in [-0.25, -0.2) is 0 Å². The molecule has 1 aliphatic rings. The molecule has 0 radical (unpaired) electrons. The Morgan fingerprint density at radius 3 is 2.58 bits per heavy atom. The number of ether oxygens (including phenoxy) is 2. The lowest BCUT2D eigenvalue weighted by Gasteiger charge is -2.46. The van der Waals surface area contributed by atoms with E-state index in [4.69, 9.17) is 9.47 Å². The zero-order valence-corrected chi connectivity index (χ0v) is 17.1. The number of carbonyl (C=O) groups excluding carboxylic acids is 1. The minimum Gasteiger partial charge on any atom is -0.434 e. The van der Waals surface area contributed by atoms with Crippen LogP contribution in [0.2, 0.25) is 0 Å². The van der Waals surface area contributed by atoms with E-state index in [0.717, 1.165) is 18.4 Å². The lowest BCUT2D eigenvalue weighted by atomic mass is 9.78. The Hall–Kier alpha value is -1.16. The summed E-state index contributed by atoms with van der Waals surface area (Å²) in [4.78, 5) is 23.4. The monoisotopic (exact) mass is 382 g/mol. The van der Waals surface area contributed by atoms with Crippen LogP contribution >= 0.6 is 7.37 Å². The Balaban J connectivity index is 2.34. The van der Waals surface area contributed by atoms with E-state index in [1.54, 1.807) is 0 Å². The van der Waals surface area contributed by atoms with Gasteiger partial charge in [0.2, 0.25) is 13.7 Å². The molecule has 1 saturated heterocycles. The molecule has 0 aliphatic carbocycles. The molecule has 0 spiro atoms. The van der Waals surface area contributed by atoms with E-state index in [0.29, 0.717) is 19.4 Å². The smallest absolute Gasteiger partial charge is 0.308 e. The Bertz CT molecular complexity index is 652. The van der Waals surface area contributed by atoms with Crippen molar-refractivity contribution in [2.24, 2.45) is 5.41 Å². The van der Waals surface area contributed by atoms with Gasteiger partial charge in [-0.3, -0.25) is 9.36 Å². The maximum atomic E-state index is 13.6. The molecule has 26 heavy (non-hydrogen) atoms. The summed E-state index contributed by atoms with van der Waals surface area (Å²) in [5.41, 5.74) is 0.225. The van der Waals surface area contributed by atoms with Gasteiger partial charge in [0.15, 0.2) is 0 Å². The molecule has 3 unspecified atom stereocenters. The third-order valence-electron chi connectivity index (χ3n) is 5.28. The zero-order chi connectivity index (χ0) is 19.4. The van der Waals surface area contributed by atoms with Crippen molar-refractivity contribution in [2.75, 3.05) is 6.61 Å². The van der Waals surface area contributed by atoms with Gasteiger partial charge in [0, 0.05) is 6.42 Å². The molecule has 0 bridgehead atoms. The van der Waals surface area contributed by atoms with Gasteiger partial charge >= 0.3 is 5.97 Å². The summed E-state index contributed by atoms with van der Waals surface area (Å²) in [5.74, 6) is -0.368. The first-order valence-electron chi connectivity index (χ1n) is 9.31. The second-order valence-electron chi connectivity index (χ2n) is 8.07. The number of carbonyl (C=O) groups is 1. The summed E-state index contributed by atoms with van der Waals surface area (Å²) >= 11 is 0. The number of esters is 1. The fourth-order valence-corrected chi connectivity index (χ4v) is 6.71. The minimum atomic E-state index is -3.76. The summed E-state index contributed by atoms with van der Waals surface area (Å²) < 4.78 is 24.9. The molecular formula is C20H31O5P. The lowest BCUT2D eigenvalue weighted by molar-refractivity contribution is -0.178. The lowest BCUT2D eigenvalue weighted by Crippen LogP contribution is -2.51. The van der Waals surface area contributed by atoms with E-state index in [1.165, 1.54) is 0 Å². The molecule has 0 amide bonds. The molecule has 1 fully saturated rings. The van der Waals surface area contributed by atoms with E-state index in [1.807, 2.05) is 58.0 Å². The van der Waals surface area contributed by atoms with Crippen molar-refractivity contribution < 1.29 is 23.7 Å². The van der Waals surface area contributed by atoms with Crippen LogP contribution in [0.1, 0.15) is 58.9 Å². The van der Waals surface area contributed by atoms with Crippen molar-refractivity contribution >= 4 is 13.3 Å². The van der Waals surface area contributed by atoms with Gasteiger partial charge in [-0.05, 0) is 23.8 Å². The molecule has 146 valence electrons. The van der Waals surface area contributed by atoms with Gasteiger partial charge < -0.3 is 14.4 Å². The first-order chi connectivity index (χ1) is 12.1. The topological polar surface area (TPSA) is 72.8 Å². The van der Waals surface area contributed by atoms with Crippen LogP contribution in [0.4, 0.5) is 0 Å². The normalized spacial score (nSPS) is 25.7. The fourth-order valence-electron chi connectivity index (χ4n) is 3.77. The molecule has 1 aromatic rings. The highest BCUT2D eigenvalue weighted by atomic mass is 31.2. The molecule has 1 heterocycles. The average Bonchev–Trinajstić information content (AvgIpc) is 2.98. The molecule has 2 rings (SSSR count). The predicted molar refractivity (Wildman–Crippen MR) is 102 cm³/mol. The summed E-state index contributed by atoms with van der Waals surface area (Å²) in [6, 6.07) is 9.27. The molecule has 6 heteroatoms. The Morgan fingerprint density at radius 1 is 1.35 bits per heavy atom. The predicted octanol–water partition coefficient (Wildman–Crippen LogP) is 4.72. The number of unbranched alkanes of at least 4 members (excludes halogenated alkanes) is 1. The number of benzene rings is 1. The fraction of sp³-hybridized carbons (Fsp3) is 0.650. The third-order valence-corrected chi connectivity index (χ3v) is 8.42. The second kappa shape index (κ2) is 8.24. The van der Waals surface area contributed by atoms with Crippen molar-refractivity contribution in [1.29, 1.82) is 0 Å². The summed E-state index contributed by atoms with van der Waals surface area (Å²) in [6.07, 6.45) is 1.35. The van der Waals surface area contributed by atoms with Gasteiger partial charge in [0.25, 0.3) is 0 Å². The highest BCUT2D eigenvalue weighted by molar-refractivity contribution is 7.59. The highest BCUT2D eigenvalue weighted by Gasteiger charge is 2.64. The summed E-state index contributed by atoms with van der Waals surface area (Å²) in [5, 5.41) is -1.13.